The lowest BCUT2D eigenvalue weighted by Crippen LogP contribution is -2.50. The number of anilines is 1. The molecule has 0 unspecified atom stereocenters. The van der Waals surface area contributed by atoms with Gasteiger partial charge in [0.05, 0.1) is 12.6 Å². The number of aromatic nitrogens is 1. The minimum absolute atomic E-state index is 0.172. The Morgan fingerprint density at radius 3 is 2.55 bits per heavy atom. The van der Waals surface area contributed by atoms with Crippen molar-refractivity contribution in [2.45, 2.75) is 6.42 Å². The Labute approximate surface area is 184 Å². The number of carbonyl (C=O) groups excluding carboxylic acids is 1. The Kier molecular flexibility index (Phi) is 6.55. The molecule has 1 saturated heterocycles. The standard InChI is InChI=1S/C21H22Cl2N4OS/c22-17-6-4-16(5-7-17)13-20(28)26-11-9-25(10-12-26)15-18-3-1-2-8-27(18)21-24-14-19(23)29-21/h1-7,14H,8-13,15H2. The minimum atomic E-state index is 0.172. The van der Waals surface area contributed by atoms with Gasteiger partial charge < -0.3 is 9.80 Å². The molecule has 3 heterocycles. The molecule has 2 aliphatic heterocycles. The van der Waals surface area contributed by atoms with Crippen LogP contribution in [0, 0.1) is 0 Å². The van der Waals surface area contributed by atoms with Gasteiger partial charge in [0.2, 0.25) is 5.91 Å². The molecule has 0 radical (unpaired) electrons. The first-order valence-corrected chi connectivity index (χ1v) is 11.1. The number of hydrogen-bond acceptors (Lipinski definition) is 5. The quantitative estimate of drug-likeness (QED) is 0.689. The lowest BCUT2D eigenvalue weighted by Gasteiger charge is -2.37. The second-order valence-corrected chi connectivity index (χ2v) is 9.18. The third-order valence-corrected chi connectivity index (χ3v) is 6.52. The molecule has 4 rings (SSSR count). The topological polar surface area (TPSA) is 39.7 Å². The van der Waals surface area contributed by atoms with E-state index in [4.69, 9.17) is 23.2 Å². The van der Waals surface area contributed by atoms with Crippen molar-refractivity contribution in [1.29, 1.82) is 0 Å². The molecule has 2 aromatic rings. The van der Waals surface area contributed by atoms with Crippen LogP contribution >= 0.6 is 34.5 Å². The van der Waals surface area contributed by atoms with Crippen molar-refractivity contribution in [3.8, 4) is 0 Å². The fourth-order valence-electron chi connectivity index (χ4n) is 3.54. The zero-order valence-corrected chi connectivity index (χ0v) is 18.3. The van der Waals surface area contributed by atoms with Crippen molar-refractivity contribution in [2.24, 2.45) is 0 Å². The molecule has 5 nitrogen and oxygen atoms in total. The highest BCUT2D eigenvalue weighted by Crippen LogP contribution is 2.30. The van der Waals surface area contributed by atoms with Gasteiger partial charge in [-0.25, -0.2) is 4.98 Å². The van der Waals surface area contributed by atoms with Crippen LogP contribution < -0.4 is 4.90 Å². The van der Waals surface area contributed by atoms with Gasteiger partial charge in [0.25, 0.3) is 0 Å². The van der Waals surface area contributed by atoms with Gasteiger partial charge in [-0.2, -0.15) is 0 Å². The molecule has 1 aromatic carbocycles. The molecule has 8 heteroatoms. The number of carbonyl (C=O) groups is 1. The summed E-state index contributed by atoms with van der Waals surface area (Å²) in [6, 6.07) is 7.49. The van der Waals surface area contributed by atoms with Gasteiger partial charge >= 0.3 is 0 Å². The van der Waals surface area contributed by atoms with Gasteiger partial charge in [-0.3, -0.25) is 9.69 Å². The lowest BCUT2D eigenvalue weighted by atomic mass is 10.1. The monoisotopic (exact) mass is 448 g/mol. The summed E-state index contributed by atoms with van der Waals surface area (Å²) >= 11 is 13.5. The van der Waals surface area contributed by atoms with E-state index in [1.165, 1.54) is 17.0 Å². The molecule has 152 valence electrons. The van der Waals surface area contributed by atoms with E-state index in [1.54, 1.807) is 6.20 Å². The van der Waals surface area contributed by atoms with Crippen molar-refractivity contribution in [1.82, 2.24) is 14.8 Å². The third kappa shape index (κ3) is 5.20. The maximum atomic E-state index is 12.6. The Morgan fingerprint density at radius 1 is 1.10 bits per heavy atom. The Balaban J connectivity index is 1.31. The number of rotatable bonds is 5. The highest BCUT2D eigenvalue weighted by Gasteiger charge is 2.24. The summed E-state index contributed by atoms with van der Waals surface area (Å²) in [5, 5.41) is 1.61. The Bertz CT molecular complexity index is 917. The van der Waals surface area contributed by atoms with Crippen molar-refractivity contribution in [2.75, 3.05) is 44.2 Å². The normalized spacial score (nSPS) is 17.5. The molecule has 0 spiro atoms. The molecule has 2 aliphatic rings. The largest absolute Gasteiger partial charge is 0.340 e. The number of thiazole rings is 1. The van der Waals surface area contributed by atoms with E-state index in [2.05, 4.69) is 33.0 Å². The fraction of sp³-hybridized carbons (Fsp3) is 0.333. The Hall–Kier alpha value is -1.86. The molecular formula is C21H22Cl2N4OS. The van der Waals surface area contributed by atoms with Gasteiger partial charge in [-0.1, -0.05) is 58.8 Å². The summed E-state index contributed by atoms with van der Waals surface area (Å²) in [6.07, 6.45) is 8.46. The minimum Gasteiger partial charge on any atom is -0.340 e. The van der Waals surface area contributed by atoms with Gasteiger partial charge in [0.1, 0.15) is 4.34 Å². The maximum absolute atomic E-state index is 12.6. The zero-order chi connectivity index (χ0) is 20.2. The van der Waals surface area contributed by atoms with Crippen LogP contribution in [0.4, 0.5) is 5.13 Å². The highest BCUT2D eigenvalue weighted by molar-refractivity contribution is 7.19. The smallest absolute Gasteiger partial charge is 0.227 e. The molecule has 0 N–H and O–H groups in total. The number of nitrogens with zero attached hydrogens (tertiary/aromatic N) is 4. The lowest BCUT2D eigenvalue weighted by molar-refractivity contribution is -0.132. The first-order chi connectivity index (χ1) is 14.1. The molecule has 0 atom stereocenters. The summed E-state index contributed by atoms with van der Waals surface area (Å²) in [5.74, 6) is 0.172. The highest BCUT2D eigenvalue weighted by atomic mass is 35.5. The number of piperazine rings is 1. The maximum Gasteiger partial charge on any atom is 0.227 e. The molecule has 1 amide bonds. The first kappa shape index (κ1) is 20.4. The van der Waals surface area contributed by atoms with Crippen LogP contribution in [-0.4, -0.2) is 60.0 Å². The van der Waals surface area contributed by atoms with Crippen LogP contribution in [0.15, 0.2) is 54.4 Å². The fourth-order valence-corrected chi connectivity index (χ4v) is 4.60. The number of amides is 1. The average molecular weight is 449 g/mol. The van der Waals surface area contributed by atoms with E-state index in [1.807, 2.05) is 29.2 Å². The predicted molar refractivity (Wildman–Crippen MR) is 120 cm³/mol. The third-order valence-electron chi connectivity index (χ3n) is 5.13. The zero-order valence-electron chi connectivity index (χ0n) is 15.9. The van der Waals surface area contributed by atoms with Gasteiger partial charge in [0, 0.05) is 50.0 Å². The summed E-state index contributed by atoms with van der Waals surface area (Å²) in [4.78, 5) is 23.6. The van der Waals surface area contributed by atoms with E-state index in [-0.39, 0.29) is 5.91 Å². The molecule has 0 bridgehead atoms. The van der Waals surface area contributed by atoms with E-state index in [0.29, 0.717) is 15.8 Å². The van der Waals surface area contributed by atoms with E-state index >= 15 is 0 Å². The van der Waals surface area contributed by atoms with Crippen molar-refractivity contribution >= 4 is 45.6 Å². The molecule has 1 aromatic heterocycles. The van der Waals surface area contributed by atoms with Crippen LogP contribution in [0.25, 0.3) is 0 Å². The Morgan fingerprint density at radius 2 is 1.86 bits per heavy atom. The van der Waals surface area contributed by atoms with Gasteiger partial charge in [0.15, 0.2) is 5.13 Å². The number of halogens is 2. The molecule has 1 fully saturated rings. The molecule has 0 aliphatic carbocycles. The number of allylic oxidation sites excluding steroid dienone is 2. The summed E-state index contributed by atoms with van der Waals surface area (Å²) in [6.45, 7) is 4.85. The summed E-state index contributed by atoms with van der Waals surface area (Å²) < 4.78 is 0.696. The second-order valence-electron chi connectivity index (χ2n) is 7.10. The van der Waals surface area contributed by atoms with Crippen LogP contribution in [0.1, 0.15) is 5.56 Å². The van der Waals surface area contributed by atoms with Crippen molar-refractivity contribution < 1.29 is 4.79 Å². The second kappa shape index (κ2) is 9.30. The molecule has 29 heavy (non-hydrogen) atoms. The van der Waals surface area contributed by atoms with Crippen LogP contribution in [0.3, 0.4) is 0 Å². The van der Waals surface area contributed by atoms with Crippen LogP contribution in [-0.2, 0) is 11.2 Å². The first-order valence-electron chi connectivity index (χ1n) is 9.57. The predicted octanol–water partition coefficient (Wildman–Crippen LogP) is 4.10. The number of benzene rings is 1. The van der Waals surface area contributed by atoms with Crippen molar-refractivity contribution in [3.05, 3.63) is 69.3 Å². The summed E-state index contributed by atoms with van der Waals surface area (Å²) in [5.41, 5.74) is 2.21. The van der Waals surface area contributed by atoms with Gasteiger partial charge in [-0.15, -0.1) is 0 Å². The van der Waals surface area contributed by atoms with Crippen LogP contribution in [0.5, 0.6) is 0 Å². The van der Waals surface area contributed by atoms with E-state index < -0.39 is 0 Å². The summed E-state index contributed by atoms with van der Waals surface area (Å²) in [7, 11) is 0. The SMILES string of the molecule is O=C(Cc1ccc(Cl)cc1)N1CCN(CC2=CC=CCN2c2ncc(Cl)s2)CC1. The van der Waals surface area contributed by atoms with Gasteiger partial charge in [-0.05, 0) is 23.8 Å². The number of hydrogen-bond donors (Lipinski definition) is 0. The van der Waals surface area contributed by atoms with E-state index in [0.717, 1.165) is 50.0 Å². The molecule has 0 saturated carbocycles. The average Bonchev–Trinajstić information content (AvgIpc) is 3.17. The van der Waals surface area contributed by atoms with Crippen LogP contribution in [0.2, 0.25) is 9.36 Å². The molecular weight excluding hydrogens is 427 g/mol. The van der Waals surface area contributed by atoms with E-state index in [9.17, 15) is 4.79 Å². The van der Waals surface area contributed by atoms with Crippen molar-refractivity contribution in [3.63, 3.8) is 0 Å².